The molecular formula is C18H11. The zero-order valence-electron chi connectivity index (χ0n) is 9.85. The Hall–Kier alpha value is -2.52. The molecule has 3 rings (SSSR count). The summed E-state index contributed by atoms with van der Waals surface area (Å²) >= 11 is 0. The van der Waals surface area contributed by atoms with Crippen LogP contribution in [0.15, 0.2) is 66.7 Å². The summed E-state index contributed by atoms with van der Waals surface area (Å²) in [6.45, 7) is 0. The molecule has 0 atom stereocenters. The highest BCUT2D eigenvalue weighted by molar-refractivity contribution is 5.83. The molecule has 0 unspecified atom stereocenters. The van der Waals surface area contributed by atoms with Crippen molar-refractivity contribution in [1.82, 2.24) is 0 Å². The molecule has 1 radical (unpaired) electrons. The molecule has 0 aliphatic rings. The van der Waals surface area contributed by atoms with Crippen molar-refractivity contribution >= 4 is 10.8 Å². The fraction of sp³-hybridized carbons (Fsp3) is 0. The molecule has 0 saturated carbocycles. The van der Waals surface area contributed by atoms with E-state index in [2.05, 4.69) is 48.2 Å². The number of fused-ring (bicyclic) bond motifs is 1. The third-order valence-corrected chi connectivity index (χ3v) is 2.80. The van der Waals surface area contributed by atoms with Crippen LogP contribution in [0.3, 0.4) is 0 Å². The Kier molecular flexibility index (Phi) is 2.82. The summed E-state index contributed by atoms with van der Waals surface area (Å²) < 4.78 is 0. The van der Waals surface area contributed by atoms with Crippen molar-refractivity contribution in [1.29, 1.82) is 0 Å². The average Bonchev–Trinajstić information content (AvgIpc) is 2.46. The van der Waals surface area contributed by atoms with Crippen LogP contribution in [0.4, 0.5) is 0 Å². The van der Waals surface area contributed by atoms with Crippen molar-refractivity contribution in [3.63, 3.8) is 0 Å². The molecule has 0 nitrogen and oxygen atoms in total. The molecule has 0 heteroatoms. The fourth-order valence-corrected chi connectivity index (χ4v) is 1.88. The van der Waals surface area contributed by atoms with Crippen LogP contribution in [-0.2, 0) is 0 Å². The van der Waals surface area contributed by atoms with Gasteiger partial charge >= 0.3 is 0 Å². The van der Waals surface area contributed by atoms with Gasteiger partial charge in [-0.25, -0.2) is 0 Å². The Bertz CT molecular complexity index is 728. The lowest BCUT2D eigenvalue weighted by atomic mass is 10.1. The molecule has 0 bridgehead atoms. The van der Waals surface area contributed by atoms with Crippen LogP contribution in [0.2, 0.25) is 0 Å². The van der Waals surface area contributed by atoms with E-state index in [1.165, 1.54) is 10.8 Å². The van der Waals surface area contributed by atoms with Crippen LogP contribution in [0.1, 0.15) is 11.1 Å². The van der Waals surface area contributed by atoms with Crippen LogP contribution in [0, 0.1) is 17.9 Å². The molecule has 0 amide bonds. The van der Waals surface area contributed by atoms with E-state index >= 15 is 0 Å². The first-order valence-electron chi connectivity index (χ1n) is 5.89. The second-order valence-electron chi connectivity index (χ2n) is 4.09. The SMILES string of the molecule is C(#Cc1ccc2ccccc2c1)c1[c]cccc1. The largest absolute Gasteiger partial charge is 0.0616 e. The second kappa shape index (κ2) is 4.77. The van der Waals surface area contributed by atoms with Crippen LogP contribution in [-0.4, -0.2) is 0 Å². The quantitative estimate of drug-likeness (QED) is 0.508. The predicted octanol–water partition coefficient (Wildman–Crippen LogP) is 4.04. The van der Waals surface area contributed by atoms with Gasteiger partial charge in [0.1, 0.15) is 0 Å². The number of rotatable bonds is 0. The molecule has 0 N–H and O–H groups in total. The minimum atomic E-state index is 0.922. The second-order valence-corrected chi connectivity index (χ2v) is 4.09. The van der Waals surface area contributed by atoms with Crippen molar-refractivity contribution in [2.24, 2.45) is 0 Å². The summed E-state index contributed by atoms with van der Waals surface area (Å²) in [4.78, 5) is 0. The first-order valence-corrected chi connectivity index (χ1v) is 5.89. The number of hydrogen-bond donors (Lipinski definition) is 0. The van der Waals surface area contributed by atoms with Gasteiger partial charge in [0, 0.05) is 11.1 Å². The molecule has 0 fully saturated rings. The molecule has 0 aromatic heterocycles. The maximum absolute atomic E-state index is 3.17. The average molecular weight is 227 g/mol. The molecular weight excluding hydrogens is 216 g/mol. The third kappa shape index (κ3) is 2.26. The van der Waals surface area contributed by atoms with E-state index in [1.807, 2.05) is 36.4 Å². The van der Waals surface area contributed by atoms with Gasteiger partial charge in [-0.2, -0.15) is 0 Å². The summed E-state index contributed by atoms with van der Waals surface area (Å²) in [5.74, 6) is 6.29. The van der Waals surface area contributed by atoms with E-state index in [-0.39, 0.29) is 0 Å². The molecule has 3 aromatic carbocycles. The van der Waals surface area contributed by atoms with Crippen molar-refractivity contribution in [2.45, 2.75) is 0 Å². The van der Waals surface area contributed by atoms with Gasteiger partial charge < -0.3 is 0 Å². The van der Waals surface area contributed by atoms with E-state index in [0.717, 1.165) is 11.1 Å². The van der Waals surface area contributed by atoms with Crippen molar-refractivity contribution in [3.05, 3.63) is 83.9 Å². The number of benzene rings is 3. The minimum Gasteiger partial charge on any atom is -0.0616 e. The molecule has 3 aromatic rings. The Morgan fingerprint density at radius 1 is 0.722 bits per heavy atom. The van der Waals surface area contributed by atoms with Crippen molar-refractivity contribution in [3.8, 4) is 11.8 Å². The maximum atomic E-state index is 3.17. The Morgan fingerprint density at radius 3 is 2.39 bits per heavy atom. The highest BCUT2D eigenvalue weighted by Crippen LogP contribution is 2.14. The van der Waals surface area contributed by atoms with Crippen LogP contribution in [0.25, 0.3) is 10.8 Å². The fourth-order valence-electron chi connectivity index (χ4n) is 1.88. The monoisotopic (exact) mass is 227 g/mol. The maximum Gasteiger partial charge on any atom is 0.0327 e. The Morgan fingerprint density at radius 2 is 1.56 bits per heavy atom. The standard InChI is InChI=1S/C18H11/c1-2-6-15(7-3-1)10-11-16-12-13-17-8-4-5-9-18(17)14-16/h1-6,8-9,12-14H. The third-order valence-electron chi connectivity index (χ3n) is 2.80. The molecule has 83 valence electrons. The van der Waals surface area contributed by atoms with E-state index in [0.29, 0.717) is 0 Å². The molecule has 0 aliphatic heterocycles. The predicted molar refractivity (Wildman–Crippen MR) is 75.2 cm³/mol. The molecule has 0 spiro atoms. The Balaban J connectivity index is 1.99. The Labute approximate surface area is 107 Å². The van der Waals surface area contributed by atoms with Gasteiger partial charge in [0.2, 0.25) is 0 Å². The van der Waals surface area contributed by atoms with E-state index in [9.17, 15) is 0 Å². The normalized spacial score (nSPS) is 9.78. The highest BCUT2D eigenvalue weighted by Gasteiger charge is 1.92. The summed E-state index contributed by atoms with van der Waals surface area (Å²) in [5, 5.41) is 2.47. The summed E-state index contributed by atoms with van der Waals surface area (Å²) in [7, 11) is 0. The van der Waals surface area contributed by atoms with Gasteiger partial charge in [-0.3, -0.25) is 0 Å². The van der Waals surface area contributed by atoms with Crippen LogP contribution >= 0.6 is 0 Å². The molecule has 0 aliphatic carbocycles. The zero-order valence-corrected chi connectivity index (χ0v) is 9.85. The van der Waals surface area contributed by atoms with Crippen molar-refractivity contribution < 1.29 is 0 Å². The topological polar surface area (TPSA) is 0 Å². The summed E-state index contributed by atoms with van der Waals surface area (Å²) in [6.07, 6.45) is 0. The van der Waals surface area contributed by atoms with E-state index in [4.69, 9.17) is 0 Å². The minimum absolute atomic E-state index is 0.922. The van der Waals surface area contributed by atoms with Gasteiger partial charge in [-0.15, -0.1) is 0 Å². The molecule has 18 heavy (non-hydrogen) atoms. The first kappa shape index (κ1) is 10.6. The molecule has 0 saturated heterocycles. The molecule has 0 heterocycles. The van der Waals surface area contributed by atoms with Crippen LogP contribution in [0.5, 0.6) is 0 Å². The smallest absolute Gasteiger partial charge is 0.0327 e. The summed E-state index contributed by atoms with van der Waals surface area (Å²) in [5.41, 5.74) is 1.96. The number of hydrogen-bond acceptors (Lipinski definition) is 0. The summed E-state index contributed by atoms with van der Waals surface area (Å²) in [6, 6.07) is 25.5. The lowest BCUT2D eigenvalue weighted by Gasteiger charge is -1.97. The van der Waals surface area contributed by atoms with Gasteiger partial charge in [-0.1, -0.05) is 60.4 Å². The zero-order chi connectivity index (χ0) is 12.2. The van der Waals surface area contributed by atoms with E-state index in [1.54, 1.807) is 0 Å². The lowest BCUT2D eigenvalue weighted by molar-refractivity contribution is 1.62. The van der Waals surface area contributed by atoms with Crippen LogP contribution < -0.4 is 0 Å². The van der Waals surface area contributed by atoms with Crippen molar-refractivity contribution in [2.75, 3.05) is 0 Å². The first-order chi connectivity index (χ1) is 8.92. The van der Waals surface area contributed by atoms with Gasteiger partial charge in [0.15, 0.2) is 0 Å². The van der Waals surface area contributed by atoms with Gasteiger partial charge in [0.25, 0.3) is 0 Å². The van der Waals surface area contributed by atoms with Gasteiger partial charge in [-0.05, 0) is 35.0 Å². The van der Waals surface area contributed by atoms with Gasteiger partial charge in [0.05, 0.1) is 0 Å². The lowest BCUT2D eigenvalue weighted by Crippen LogP contribution is -1.77. The van der Waals surface area contributed by atoms with E-state index < -0.39 is 0 Å². The highest BCUT2D eigenvalue weighted by atomic mass is 14.0.